The van der Waals surface area contributed by atoms with Crippen molar-refractivity contribution in [2.24, 2.45) is 0 Å². The van der Waals surface area contributed by atoms with Crippen LogP contribution in [0.5, 0.6) is 28.7 Å². The van der Waals surface area contributed by atoms with Gasteiger partial charge in [-0.15, -0.1) is 0 Å². The summed E-state index contributed by atoms with van der Waals surface area (Å²) < 4.78 is 21.9. The summed E-state index contributed by atoms with van der Waals surface area (Å²) in [5, 5.41) is 13.2. The standard InChI is InChI=1S/C26H28ClNO7/c1-5-35-20-11-15(6-17(27)25(20)31)16-12-23(30)28-18-7-13(8-19(29)24(16)18)14-9-21(32-2)26(34-4)22(10-14)33-3/h6,9-11,13,16,31H,5,7-8,12H2,1-4H3,(H,28,30). The van der Waals surface area contributed by atoms with Gasteiger partial charge < -0.3 is 29.4 Å². The lowest BCUT2D eigenvalue weighted by atomic mass is 9.73. The van der Waals surface area contributed by atoms with E-state index in [4.69, 9.17) is 30.5 Å². The molecule has 0 spiro atoms. The SMILES string of the molecule is CCOc1cc(C2CC(=O)NC3=C2C(=O)CC(c2cc(OC)c(OC)c(OC)c2)C3)cc(Cl)c1O. The molecule has 2 atom stereocenters. The number of nitrogens with one attached hydrogen (secondary N) is 1. The van der Waals surface area contributed by atoms with Gasteiger partial charge in [0.1, 0.15) is 0 Å². The summed E-state index contributed by atoms with van der Waals surface area (Å²) in [4.78, 5) is 26.2. The van der Waals surface area contributed by atoms with Gasteiger partial charge in [0.15, 0.2) is 28.8 Å². The van der Waals surface area contributed by atoms with Gasteiger partial charge in [0.05, 0.1) is 33.0 Å². The zero-order chi connectivity index (χ0) is 25.3. The van der Waals surface area contributed by atoms with E-state index >= 15 is 0 Å². The van der Waals surface area contributed by atoms with E-state index in [0.717, 1.165) is 5.56 Å². The van der Waals surface area contributed by atoms with Crippen molar-refractivity contribution in [3.8, 4) is 28.7 Å². The maximum absolute atomic E-state index is 13.5. The zero-order valence-corrected chi connectivity index (χ0v) is 20.8. The van der Waals surface area contributed by atoms with E-state index in [-0.39, 0.29) is 47.0 Å². The number of aromatic hydroxyl groups is 1. The Morgan fingerprint density at radius 2 is 1.60 bits per heavy atom. The van der Waals surface area contributed by atoms with Crippen molar-refractivity contribution < 1.29 is 33.6 Å². The van der Waals surface area contributed by atoms with Crippen LogP contribution in [0.25, 0.3) is 0 Å². The fourth-order valence-corrected chi connectivity index (χ4v) is 5.10. The molecule has 0 aromatic heterocycles. The first-order chi connectivity index (χ1) is 16.8. The maximum Gasteiger partial charge on any atom is 0.225 e. The Hall–Kier alpha value is -3.39. The fraction of sp³-hybridized carbons (Fsp3) is 0.385. The van der Waals surface area contributed by atoms with Crippen LogP contribution in [0.4, 0.5) is 0 Å². The predicted octanol–water partition coefficient (Wildman–Crippen LogP) is 4.47. The number of methoxy groups -OCH3 is 3. The number of carbonyl (C=O) groups excluding carboxylic acids is 2. The van der Waals surface area contributed by atoms with Gasteiger partial charge in [0.25, 0.3) is 0 Å². The largest absolute Gasteiger partial charge is 0.503 e. The molecule has 8 nitrogen and oxygen atoms in total. The highest BCUT2D eigenvalue weighted by Crippen LogP contribution is 2.47. The van der Waals surface area contributed by atoms with Gasteiger partial charge in [-0.3, -0.25) is 9.59 Å². The molecular formula is C26H28ClNO7. The number of ether oxygens (including phenoxy) is 4. The third kappa shape index (κ3) is 4.62. The van der Waals surface area contributed by atoms with Gasteiger partial charge in [-0.05, 0) is 54.7 Å². The number of allylic oxidation sites excluding steroid dienone is 2. The smallest absolute Gasteiger partial charge is 0.225 e. The lowest BCUT2D eigenvalue weighted by Gasteiger charge is -2.35. The second kappa shape index (κ2) is 10.1. The number of carbonyl (C=O) groups is 2. The molecule has 0 fully saturated rings. The van der Waals surface area contributed by atoms with E-state index in [1.165, 1.54) is 7.11 Å². The Labute approximate surface area is 208 Å². The van der Waals surface area contributed by atoms with Crippen molar-refractivity contribution in [3.05, 3.63) is 51.7 Å². The quantitative estimate of drug-likeness (QED) is 0.576. The van der Waals surface area contributed by atoms with E-state index in [0.29, 0.717) is 47.1 Å². The number of benzene rings is 2. The monoisotopic (exact) mass is 501 g/mol. The molecule has 2 aromatic carbocycles. The van der Waals surface area contributed by atoms with Crippen molar-refractivity contribution in [2.75, 3.05) is 27.9 Å². The number of phenols is 1. The Morgan fingerprint density at radius 1 is 0.943 bits per heavy atom. The first-order valence-electron chi connectivity index (χ1n) is 11.3. The van der Waals surface area contributed by atoms with Crippen LogP contribution in [-0.4, -0.2) is 44.7 Å². The minimum atomic E-state index is -0.482. The normalized spacial score (nSPS) is 19.7. The molecule has 35 heavy (non-hydrogen) atoms. The van der Waals surface area contributed by atoms with Crippen molar-refractivity contribution >= 4 is 23.3 Å². The number of phenolic OH excluding ortho intramolecular Hbond substituents is 1. The number of ketones is 1. The number of hydrogen-bond acceptors (Lipinski definition) is 7. The molecule has 2 N–H and O–H groups in total. The predicted molar refractivity (Wildman–Crippen MR) is 130 cm³/mol. The van der Waals surface area contributed by atoms with Crippen molar-refractivity contribution in [1.82, 2.24) is 5.32 Å². The van der Waals surface area contributed by atoms with Gasteiger partial charge in [-0.1, -0.05) is 11.6 Å². The Balaban J connectivity index is 1.74. The van der Waals surface area contributed by atoms with Crippen molar-refractivity contribution in [3.63, 3.8) is 0 Å². The highest BCUT2D eigenvalue weighted by atomic mass is 35.5. The highest BCUT2D eigenvalue weighted by molar-refractivity contribution is 6.32. The van der Waals surface area contributed by atoms with Crippen LogP contribution in [0.15, 0.2) is 35.5 Å². The summed E-state index contributed by atoms with van der Waals surface area (Å²) in [5.41, 5.74) is 2.67. The molecule has 0 saturated heterocycles. The van der Waals surface area contributed by atoms with Crippen LogP contribution in [0, 0.1) is 0 Å². The average molecular weight is 502 g/mol. The Morgan fingerprint density at radius 3 is 2.20 bits per heavy atom. The first kappa shape index (κ1) is 24.7. The molecule has 0 radical (unpaired) electrons. The summed E-state index contributed by atoms with van der Waals surface area (Å²) in [6.45, 7) is 2.13. The fourth-order valence-electron chi connectivity index (χ4n) is 4.88. The van der Waals surface area contributed by atoms with E-state index in [9.17, 15) is 14.7 Å². The third-order valence-electron chi connectivity index (χ3n) is 6.45. The van der Waals surface area contributed by atoms with Crippen LogP contribution in [0.1, 0.15) is 49.1 Å². The third-order valence-corrected chi connectivity index (χ3v) is 6.74. The number of Topliss-reactive ketones (excluding diaryl/α,β-unsaturated/α-hetero) is 1. The molecule has 1 heterocycles. The summed E-state index contributed by atoms with van der Waals surface area (Å²) in [6.07, 6.45) is 0.826. The molecule has 1 amide bonds. The molecule has 0 saturated carbocycles. The molecule has 1 aliphatic heterocycles. The van der Waals surface area contributed by atoms with Gasteiger partial charge >= 0.3 is 0 Å². The summed E-state index contributed by atoms with van der Waals surface area (Å²) >= 11 is 6.24. The minimum absolute atomic E-state index is 0.0582. The van der Waals surface area contributed by atoms with Crippen LogP contribution in [0.2, 0.25) is 5.02 Å². The molecule has 9 heteroatoms. The highest BCUT2D eigenvalue weighted by Gasteiger charge is 2.39. The summed E-state index contributed by atoms with van der Waals surface area (Å²) in [6, 6.07) is 6.91. The average Bonchev–Trinajstić information content (AvgIpc) is 2.84. The second-order valence-electron chi connectivity index (χ2n) is 8.47. The number of hydrogen-bond donors (Lipinski definition) is 2. The van der Waals surface area contributed by atoms with Crippen LogP contribution >= 0.6 is 11.6 Å². The Bertz CT molecular complexity index is 1180. The number of halogens is 1. The molecule has 0 bridgehead atoms. The maximum atomic E-state index is 13.5. The molecule has 186 valence electrons. The second-order valence-corrected chi connectivity index (χ2v) is 8.87. The molecule has 2 unspecified atom stereocenters. The topological polar surface area (TPSA) is 103 Å². The number of amides is 1. The molecule has 2 aromatic rings. The van der Waals surface area contributed by atoms with Gasteiger partial charge in [-0.25, -0.2) is 0 Å². The molecule has 1 aliphatic carbocycles. The van der Waals surface area contributed by atoms with E-state index in [1.807, 2.05) is 12.1 Å². The first-order valence-corrected chi connectivity index (χ1v) is 11.7. The molecular weight excluding hydrogens is 474 g/mol. The Kier molecular flexibility index (Phi) is 7.12. The minimum Gasteiger partial charge on any atom is -0.503 e. The van der Waals surface area contributed by atoms with Crippen LogP contribution in [0.3, 0.4) is 0 Å². The van der Waals surface area contributed by atoms with E-state index in [2.05, 4.69) is 5.32 Å². The van der Waals surface area contributed by atoms with Gasteiger partial charge in [-0.2, -0.15) is 0 Å². The molecule has 4 rings (SSSR count). The number of rotatable bonds is 7. The van der Waals surface area contributed by atoms with E-state index in [1.54, 1.807) is 33.3 Å². The van der Waals surface area contributed by atoms with Gasteiger partial charge in [0.2, 0.25) is 11.7 Å². The van der Waals surface area contributed by atoms with Crippen LogP contribution < -0.4 is 24.3 Å². The summed E-state index contributed by atoms with van der Waals surface area (Å²) in [5.74, 6) is 0.628. The van der Waals surface area contributed by atoms with Crippen LogP contribution in [-0.2, 0) is 9.59 Å². The summed E-state index contributed by atoms with van der Waals surface area (Å²) in [7, 11) is 4.61. The van der Waals surface area contributed by atoms with Crippen molar-refractivity contribution in [1.29, 1.82) is 0 Å². The zero-order valence-electron chi connectivity index (χ0n) is 20.1. The lowest BCUT2D eigenvalue weighted by Crippen LogP contribution is -2.38. The van der Waals surface area contributed by atoms with E-state index < -0.39 is 5.92 Å². The van der Waals surface area contributed by atoms with Crippen molar-refractivity contribution in [2.45, 2.75) is 38.0 Å². The van der Waals surface area contributed by atoms with Gasteiger partial charge in [0, 0.05) is 30.0 Å². The molecule has 2 aliphatic rings. The lowest BCUT2D eigenvalue weighted by molar-refractivity contribution is -0.122.